The van der Waals surface area contributed by atoms with E-state index in [9.17, 15) is 0 Å². The number of allylic oxidation sites excluding steroid dienone is 12. The zero-order valence-corrected chi connectivity index (χ0v) is 35.9. The summed E-state index contributed by atoms with van der Waals surface area (Å²) in [6, 6.07) is 46.0. The van der Waals surface area contributed by atoms with Gasteiger partial charge in [0.15, 0.2) is 0 Å². The van der Waals surface area contributed by atoms with Gasteiger partial charge in [0.2, 0.25) is 0 Å². The van der Waals surface area contributed by atoms with Gasteiger partial charge in [-0.05, 0) is 219 Å². The molecule has 3 aliphatic carbocycles. The molecule has 66 heavy (non-hydrogen) atoms. The number of hydrogen-bond donors (Lipinski definition) is 8. The zero-order valence-electron chi connectivity index (χ0n) is 35.9. The van der Waals surface area contributed by atoms with E-state index in [1.807, 2.05) is 194 Å². The van der Waals surface area contributed by atoms with E-state index in [-0.39, 0.29) is 0 Å². The second-order valence-electron chi connectivity index (χ2n) is 14.8. The lowest BCUT2D eigenvalue weighted by Gasteiger charge is -2.10. The van der Waals surface area contributed by atoms with Crippen LogP contribution in [0.5, 0.6) is 0 Å². The minimum Gasteiger partial charge on any atom is -0.399 e. The van der Waals surface area contributed by atoms with E-state index in [1.54, 1.807) is 24.3 Å². The maximum atomic E-state index is 7.45. The van der Waals surface area contributed by atoms with Crippen molar-refractivity contribution in [1.82, 2.24) is 0 Å². The lowest BCUT2D eigenvalue weighted by molar-refractivity contribution is 1.47. The molecule has 0 bridgehead atoms. The van der Waals surface area contributed by atoms with Crippen LogP contribution in [0.3, 0.4) is 0 Å². The van der Waals surface area contributed by atoms with Gasteiger partial charge in [0, 0.05) is 45.5 Å². The smallest absolute Gasteiger partial charge is 0.0638 e. The van der Waals surface area contributed by atoms with Gasteiger partial charge >= 0.3 is 0 Å². The van der Waals surface area contributed by atoms with E-state index in [1.165, 1.54) is 0 Å². The van der Waals surface area contributed by atoms with Crippen LogP contribution >= 0.6 is 0 Å². The summed E-state index contributed by atoms with van der Waals surface area (Å²) in [6.45, 7) is 0. The van der Waals surface area contributed by atoms with Crippen molar-refractivity contribution in [3.8, 4) is 0 Å². The molecular weight excluding hydrogens is 817 g/mol. The number of hydrogen-bond acceptors (Lipinski definition) is 12. The second-order valence-corrected chi connectivity index (χ2v) is 14.8. The molecule has 12 nitrogen and oxygen atoms in total. The lowest BCUT2D eigenvalue weighted by Crippen LogP contribution is -1.99. The molecule has 0 amide bonds. The van der Waals surface area contributed by atoms with Crippen LogP contribution in [0.2, 0.25) is 0 Å². The third kappa shape index (κ3) is 14.3. The topological polar surface area (TPSA) is 225 Å². The third-order valence-corrected chi connectivity index (χ3v) is 9.54. The van der Waals surface area contributed by atoms with Gasteiger partial charge in [0.05, 0.1) is 57.0 Å². The molecule has 6 aromatic carbocycles. The summed E-state index contributed by atoms with van der Waals surface area (Å²) < 4.78 is 0. The van der Waals surface area contributed by atoms with Crippen LogP contribution in [-0.2, 0) is 0 Å². The maximum Gasteiger partial charge on any atom is 0.0638 e. The highest BCUT2D eigenvalue weighted by Crippen LogP contribution is 2.24. The van der Waals surface area contributed by atoms with Gasteiger partial charge in [-0.25, -0.2) is 20.0 Å². The van der Waals surface area contributed by atoms with Crippen molar-refractivity contribution in [2.75, 3.05) is 33.6 Å². The van der Waals surface area contributed by atoms with Crippen LogP contribution in [-0.4, -0.2) is 34.3 Å². The summed E-state index contributed by atoms with van der Waals surface area (Å²) in [4.78, 5) is 18.0. The van der Waals surface area contributed by atoms with Gasteiger partial charge in [0.25, 0.3) is 0 Å². The van der Waals surface area contributed by atoms with Crippen LogP contribution in [0.15, 0.2) is 238 Å². The second kappa shape index (κ2) is 22.1. The molecule has 0 aliphatic heterocycles. The molecule has 0 heterocycles. The number of aliphatic imine (C=N–C) groups is 4. The average Bonchev–Trinajstić information content (AvgIpc) is 3.33. The number of nitrogen functional groups attached to an aromatic ring is 4. The number of nitrogens with zero attached hydrogens (tertiary/aromatic N) is 4. The van der Waals surface area contributed by atoms with Gasteiger partial charge in [-0.1, -0.05) is 0 Å². The first-order valence-electron chi connectivity index (χ1n) is 20.8. The van der Waals surface area contributed by atoms with Gasteiger partial charge in [-0.2, -0.15) is 0 Å². The molecule has 12 heteroatoms. The summed E-state index contributed by atoms with van der Waals surface area (Å²) in [7, 11) is 0. The molecule has 324 valence electrons. The van der Waals surface area contributed by atoms with E-state index in [0.29, 0.717) is 11.4 Å². The molecule has 0 unspecified atom stereocenters. The van der Waals surface area contributed by atoms with Crippen molar-refractivity contribution >= 4 is 103 Å². The van der Waals surface area contributed by atoms with Crippen LogP contribution in [0, 0.1) is 10.8 Å². The highest BCUT2D eigenvalue weighted by atomic mass is 14.9. The molecule has 0 saturated carbocycles. The van der Waals surface area contributed by atoms with Crippen molar-refractivity contribution in [2.45, 2.75) is 0 Å². The Morgan fingerprint density at radius 3 is 0.682 bits per heavy atom. The fourth-order valence-electron chi connectivity index (χ4n) is 6.07. The minimum atomic E-state index is 0.479. The van der Waals surface area contributed by atoms with Crippen molar-refractivity contribution < 1.29 is 0 Å². The normalized spacial score (nSPS) is 13.3. The first-order chi connectivity index (χ1) is 32.1. The molecular formula is C54H48N12. The minimum absolute atomic E-state index is 0.479. The zero-order chi connectivity index (χ0) is 46.1. The lowest BCUT2D eigenvalue weighted by atomic mass is 10.1. The Morgan fingerprint density at radius 2 is 0.439 bits per heavy atom. The summed E-state index contributed by atoms with van der Waals surface area (Å²) >= 11 is 0. The fourth-order valence-corrected chi connectivity index (χ4v) is 6.07. The monoisotopic (exact) mass is 864 g/mol. The first-order valence-corrected chi connectivity index (χ1v) is 20.8. The predicted molar refractivity (Wildman–Crippen MR) is 282 cm³/mol. The van der Waals surface area contributed by atoms with Crippen LogP contribution in [0.1, 0.15) is 0 Å². The van der Waals surface area contributed by atoms with E-state index in [2.05, 4.69) is 30.6 Å². The maximum absolute atomic E-state index is 7.45. The highest BCUT2D eigenvalue weighted by molar-refractivity contribution is 6.20. The van der Waals surface area contributed by atoms with Crippen molar-refractivity contribution in [1.29, 1.82) is 10.8 Å². The van der Waals surface area contributed by atoms with Crippen LogP contribution in [0.25, 0.3) is 0 Å². The van der Waals surface area contributed by atoms with E-state index in [0.717, 1.165) is 91.1 Å². The van der Waals surface area contributed by atoms with Crippen LogP contribution < -0.4 is 33.6 Å². The Morgan fingerprint density at radius 1 is 0.258 bits per heavy atom. The fraction of sp³-hybridized carbons (Fsp3) is 0. The Kier molecular flexibility index (Phi) is 14.9. The van der Waals surface area contributed by atoms with Gasteiger partial charge in [-0.15, -0.1) is 0 Å². The Bertz CT molecular complexity index is 2710. The van der Waals surface area contributed by atoms with Crippen molar-refractivity contribution in [3.63, 3.8) is 0 Å². The van der Waals surface area contributed by atoms with Crippen LogP contribution in [0.4, 0.5) is 68.2 Å². The van der Waals surface area contributed by atoms with Crippen molar-refractivity contribution in [3.05, 3.63) is 219 Å². The Balaban J connectivity index is 0.000000147. The summed E-state index contributed by atoms with van der Waals surface area (Å²) in [5, 5.41) is 21.6. The van der Waals surface area contributed by atoms with E-state index < -0.39 is 0 Å². The predicted octanol–water partition coefficient (Wildman–Crippen LogP) is 12.3. The largest absolute Gasteiger partial charge is 0.399 e. The number of benzene rings is 6. The summed E-state index contributed by atoms with van der Waals surface area (Å²) in [6.07, 6.45) is 21.9. The Hall–Kier alpha value is -9.42. The highest BCUT2D eigenvalue weighted by Gasteiger charge is 2.03. The number of nitrogens with two attached hydrogens (primary N) is 4. The standard InChI is InChI=1S/C18H18N4.C18H16N4.C18H14N4/c3*19-13-1-5-15(6-2-13)21-17-9-11-18(12-10-17)22-16-7-3-14(20)4-8-16/h1-12,21-22H,19-20H2;1-12H,19-20H2;1-12,19-20H. The molecule has 6 aromatic rings. The SMILES string of the molecule is N=C1C=CC(=Nc2ccc(N=C3C=CC(=N)C=C3)cc2)C=C1.Nc1ccc(N=C2C=CC(=Nc3ccc(N)cc3)C=C2)cc1.Nc1ccc(Nc2ccc(Nc3ccc(N)cc3)cc2)cc1. The number of rotatable bonds is 8. The Labute approximate surface area is 384 Å². The number of anilines is 8. The van der Waals surface area contributed by atoms with E-state index in [4.69, 9.17) is 33.8 Å². The molecule has 0 atom stereocenters. The summed E-state index contributed by atoms with van der Waals surface area (Å²) in [5.41, 5.74) is 37.5. The van der Waals surface area contributed by atoms with Gasteiger partial charge in [-0.3, -0.25) is 0 Å². The molecule has 12 N–H and O–H groups in total. The molecule has 0 saturated heterocycles. The molecule has 9 rings (SSSR count). The summed E-state index contributed by atoms with van der Waals surface area (Å²) in [5.74, 6) is 0. The quantitative estimate of drug-likeness (QED) is 0.0548. The molecule has 0 radical (unpaired) electrons. The van der Waals surface area contributed by atoms with Crippen molar-refractivity contribution in [2.24, 2.45) is 20.0 Å². The molecule has 0 fully saturated rings. The van der Waals surface area contributed by atoms with E-state index >= 15 is 0 Å². The average molecular weight is 865 g/mol. The first kappa shape index (κ1) is 44.6. The number of nitrogens with one attached hydrogen (secondary N) is 4. The van der Waals surface area contributed by atoms with Gasteiger partial charge < -0.3 is 44.4 Å². The van der Waals surface area contributed by atoms with Gasteiger partial charge in [0.1, 0.15) is 0 Å². The molecule has 0 spiro atoms. The molecule has 0 aromatic heterocycles. The molecule has 3 aliphatic rings. The third-order valence-electron chi connectivity index (χ3n) is 9.54.